The zero-order valence-electron chi connectivity index (χ0n) is 10.3. The molecule has 5 heteroatoms. The fraction of sp³-hybridized carbons (Fsp3) is 0.833. The maximum atomic E-state index is 11.7. The van der Waals surface area contributed by atoms with Gasteiger partial charge in [0.15, 0.2) is 0 Å². The molecular formula is C12H22N2O3. The van der Waals surface area contributed by atoms with Gasteiger partial charge >= 0.3 is 12.0 Å². The van der Waals surface area contributed by atoms with E-state index in [1.165, 1.54) is 6.42 Å². The van der Waals surface area contributed by atoms with Crippen molar-refractivity contribution in [2.75, 3.05) is 19.6 Å². The molecule has 98 valence electrons. The first-order valence-electron chi connectivity index (χ1n) is 6.45. The van der Waals surface area contributed by atoms with Crippen LogP contribution in [-0.2, 0) is 4.79 Å². The highest BCUT2D eigenvalue weighted by atomic mass is 16.4. The second-order valence-electron chi connectivity index (χ2n) is 4.48. The van der Waals surface area contributed by atoms with Crippen LogP contribution in [0.3, 0.4) is 0 Å². The molecule has 17 heavy (non-hydrogen) atoms. The Bertz CT molecular complexity index is 250. The van der Waals surface area contributed by atoms with Gasteiger partial charge in [-0.15, -0.1) is 0 Å². The van der Waals surface area contributed by atoms with Crippen LogP contribution >= 0.6 is 0 Å². The van der Waals surface area contributed by atoms with Crippen molar-refractivity contribution in [2.45, 2.75) is 44.9 Å². The number of carbonyl (C=O) groups is 2. The van der Waals surface area contributed by atoms with Gasteiger partial charge in [0.1, 0.15) is 0 Å². The van der Waals surface area contributed by atoms with Crippen LogP contribution in [-0.4, -0.2) is 41.6 Å². The number of nitrogens with zero attached hydrogens (tertiary/aromatic N) is 1. The third-order valence-electron chi connectivity index (χ3n) is 2.99. The lowest BCUT2D eigenvalue weighted by atomic mass is 10.1. The van der Waals surface area contributed by atoms with Crippen LogP contribution in [0.15, 0.2) is 0 Å². The molecule has 2 amide bonds. The van der Waals surface area contributed by atoms with E-state index >= 15 is 0 Å². The van der Waals surface area contributed by atoms with Gasteiger partial charge < -0.3 is 15.3 Å². The highest BCUT2D eigenvalue weighted by Gasteiger charge is 2.15. The van der Waals surface area contributed by atoms with E-state index in [4.69, 9.17) is 5.11 Å². The average Bonchev–Trinajstić information content (AvgIpc) is 2.34. The van der Waals surface area contributed by atoms with Gasteiger partial charge in [0, 0.05) is 26.1 Å². The predicted octanol–water partition coefficient (Wildman–Crippen LogP) is 1.83. The van der Waals surface area contributed by atoms with E-state index in [1.54, 1.807) is 0 Å². The summed E-state index contributed by atoms with van der Waals surface area (Å²) in [6, 6.07) is 0.0305. The Labute approximate surface area is 102 Å². The van der Waals surface area contributed by atoms with E-state index in [-0.39, 0.29) is 12.5 Å². The molecule has 0 aromatic heterocycles. The zero-order chi connectivity index (χ0) is 12.5. The SMILES string of the molecule is O=C(O)CCCCCNC(=O)N1CCCCC1. The van der Waals surface area contributed by atoms with Crippen LogP contribution in [0.5, 0.6) is 0 Å². The number of carboxylic acids is 1. The molecule has 1 rings (SSSR count). The van der Waals surface area contributed by atoms with Crippen molar-refractivity contribution in [1.82, 2.24) is 10.2 Å². The van der Waals surface area contributed by atoms with Gasteiger partial charge in [0.25, 0.3) is 0 Å². The number of hydrogen-bond acceptors (Lipinski definition) is 2. The van der Waals surface area contributed by atoms with Crippen molar-refractivity contribution in [3.8, 4) is 0 Å². The first-order chi connectivity index (χ1) is 8.20. The molecule has 0 atom stereocenters. The molecule has 2 N–H and O–H groups in total. The molecule has 1 saturated heterocycles. The number of unbranched alkanes of at least 4 members (excludes halogenated alkanes) is 2. The van der Waals surface area contributed by atoms with E-state index in [2.05, 4.69) is 5.32 Å². The Hall–Kier alpha value is -1.26. The van der Waals surface area contributed by atoms with Crippen LogP contribution < -0.4 is 5.32 Å². The molecule has 0 aliphatic carbocycles. The monoisotopic (exact) mass is 242 g/mol. The molecule has 0 spiro atoms. The maximum absolute atomic E-state index is 11.7. The standard InChI is InChI=1S/C12H22N2O3/c15-11(16)7-3-1-4-8-13-12(17)14-9-5-2-6-10-14/h1-10H2,(H,13,17)(H,15,16). The summed E-state index contributed by atoms with van der Waals surface area (Å²) in [6.07, 6.45) is 6.05. The largest absolute Gasteiger partial charge is 0.481 e. The van der Waals surface area contributed by atoms with Crippen molar-refractivity contribution < 1.29 is 14.7 Å². The molecule has 0 aromatic rings. The average molecular weight is 242 g/mol. The fourth-order valence-electron chi connectivity index (χ4n) is 1.98. The van der Waals surface area contributed by atoms with Crippen molar-refractivity contribution in [3.63, 3.8) is 0 Å². The van der Waals surface area contributed by atoms with Crippen LogP contribution in [0.25, 0.3) is 0 Å². The summed E-state index contributed by atoms with van der Waals surface area (Å²) in [5.74, 6) is -0.748. The number of hydrogen-bond donors (Lipinski definition) is 2. The van der Waals surface area contributed by atoms with Crippen LogP contribution in [0.1, 0.15) is 44.9 Å². The molecule has 5 nitrogen and oxygen atoms in total. The van der Waals surface area contributed by atoms with Gasteiger partial charge in [-0.25, -0.2) is 4.79 Å². The molecule has 0 unspecified atom stereocenters. The Kier molecular flexibility index (Phi) is 6.43. The molecule has 1 fully saturated rings. The summed E-state index contributed by atoms with van der Waals surface area (Å²) in [6.45, 7) is 2.38. The summed E-state index contributed by atoms with van der Waals surface area (Å²) in [4.78, 5) is 23.8. The first-order valence-corrected chi connectivity index (χ1v) is 6.45. The summed E-state index contributed by atoms with van der Waals surface area (Å²) >= 11 is 0. The third kappa shape index (κ3) is 6.14. The number of rotatable bonds is 6. The summed E-state index contributed by atoms with van der Waals surface area (Å²) in [7, 11) is 0. The normalized spacial score (nSPS) is 15.6. The number of likely N-dealkylation sites (tertiary alicyclic amines) is 1. The quantitative estimate of drug-likeness (QED) is 0.698. The molecule has 0 aromatic carbocycles. The summed E-state index contributed by atoms with van der Waals surface area (Å²) in [5.41, 5.74) is 0. The molecule has 1 aliphatic rings. The molecule has 0 saturated carbocycles. The van der Waals surface area contributed by atoms with E-state index in [1.807, 2.05) is 4.90 Å². The maximum Gasteiger partial charge on any atom is 0.317 e. The van der Waals surface area contributed by atoms with Gasteiger partial charge in [0.05, 0.1) is 0 Å². The molecular weight excluding hydrogens is 220 g/mol. The topological polar surface area (TPSA) is 69.6 Å². The highest BCUT2D eigenvalue weighted by Crippen LogP contribution is 2.08. The number of amides is 2. The van der Waals surface area contributed by atoms with Crippen LogP contribution in [0.2, 0.25) is 0 Å². The van der Waals surface area contributed by atoms with Crippen molar-refractivity contribution in [2.24, 2.45) is 0 Å². The van der Waals surface area contributed by atoms with Gasteiger partial charge in [-0.2, -0.15) is 0 Å². The number of nitrogens with one attached hydrogen (secondary N) is 1. The van der Waals surface area contributed by atoms with E-state index in [0.717, 1.165) is 38.8 Å². The Morgan fingerprint density at radius 2 is 1.76 bits per heavy atom. The minimum absolute atomic E-state index is 0.0305. The van der Waals surface area contributed by atoms with Gasteiger partial charge in [-0.1, -0.05) is 6.42 Å². The van der Waals surface area contributed by atoms with E-state index < -0.39 is 5.97 Å². The number of carboxylic acid groups (broad SMARTS) is 1. The number of carbonyl (C=O) groups excluding carboxylic acids is 1. The lowest BCUT2D eigenvalue weighted by Crippen LogP contribution is -2.43. The summed E-state index contributed by atoms with van der Waals surface area (Å²) in [5, 5.41) is 11.3. The Morgan fingerprint density at radius 3 is 2.41 bits per heavy atom. The van der Waals surface area contributed by atoms with Gasteiger partial charge in [0.2, 0.25) is 0 Å². The van der Waals surface area contributed by atoms with E-state index in [9.17, 15) is 9.59 Å². The van der Waals surface area contributed by atoms with Gasteiger partial charge in [-0.05, 0) is 32.1 Å². The van der Waals surface area contributed by atoms with Gasteiger partial charge in [-0.3, -0.25) is 4.79 Å². The zero-order valence-corrected chi connectivity index (χ0v) is 10.3. The third-order valence-corrected chi connectivity index (χ3v) is 2.99. The van der Waals surface area contributed by atoms with Crippen LogP contribution in [0.4, 0.5) is 4.79 Å². The minimum atomic E-state index is -0.748. The highest BCUT2D eigenvalue weighted by molar-refractivity contribution is 5.74. The van der Waals surface area contributed by atoms with Crippen molar-refractivity contribution in [1.29, 1.82) is 0 Å². The lowest BCUT2D eigenvalue weighted by molar-refractivity contribution is -0.137. The molecule has 0 radical (unpaired) electrons. The Morgan fingerprint density at radius 1 is 1.06 bits per heavy atom. The fourth-order valence-corrected chi connectivity index (χ4v) is 1.98. The second-order valence-corrected chi connectivity index (χ2v) is 4.48. The first kappa shape index (κ1) is 13.8. The minimum Gasteiger partial charge on any atom is -0.481 e. The molecule has 1 heterocycles. The molecule has 1 aliphatic heterocycles. The smallest absolute Gasteiger partial charge is 0.317 e. The van der Waals surface area contributed by atoms with Crippen molar-refractivity contribution >= 4 is 12.0 Å². The van der Waals surface area contributed by atoms with Crippen LogP contribution in [0, 0.1) is 0 Å². The lowest BCUT2D eigenvalue weighted by Gasteiger charge is -2.26. The predicted molar refractivity (Wildman–Crippen MR) is 64.9 cm³/mol. The van der Waals surface area contributed by atoms with Crippen molar-refractivity contribution in [3.05, 3.63) is 0 Å². The Balaban J connectivity index is 1.98. The van der Waals surface area contributed by atoms with E-state index in [0.29, 0.717) is 13.0 Å². The molecule has 0 bridgehead atoms. The number of urea groups is 1. The number of aliphatic carboxylic acids is 1. The number of piperidine rings is 1. The summed E-state index contributed by atoms with van der Waals surface area (Å²) < 4.78 is 0. The second kappa shape index (κ2) is 7.92.